The van der Waals surface area contributed by atoms with Gasteiger partial charge in [-0.25, -0.2) is 8.42 Å². The summed E-state index contributed by atoms with van der Waals surface area (Å²) in [6.45, 7) is 0.868. The van der Waals surface area contributed by atoms with E-state index >= 15 is 0 Å². The van der Waals surface area contributed by atoms with Gasteiger partial charge in [0, 0.05) is 10.8 Å². The first-order valence-electron chi connectivity index (χ1n) is 5.18. The van der Waals surface area contributed by atoms with Crippen molar-refractivity contribution in [2.45, 2.75) is 18.3 Å². The Morgan fingerprint density at radius 2 is 1.82 bits per heavy atom. The lowest BCUT2D eigenvalue weighted by Gasteiger charge is -2.20. The maximum atomic E-state index is 11.7. The minimum absolute atomic E-state index is 0.122. The van der Waals surface area contributed by atoms with Crippen molar-refractivity contribution in [3.05, 3.63) is 34.9 Å². The number of rotatable bonds is 5. The predicted molar refractivity (Wildman–Crippen MR) is 66.7 cm³/mol. The third-order valence-electron chi connectivity index (χ3n) is 2.61. The molecule has 0 aromatic heterocycles. The molecule has 0 saturated heterocycles. The number of benzene rings is 1. The smallest absolute Gasteiger partial charge is 0.158 e. The topological polar surface area (TPSA) is 74.6 Å². The van der Waals surface area contributed by atoms with Crippen LogP contribution in [0.1, 0.15) is 18.6 Å². The zero-order valence-electron chi connectivity index (χ0n) is 9.38. The van der Waals surface area contributed by atoms with Crippen LogP contribution in [0.5, 0.6) is 0 Å². The minimum atomic E-state index is -3.50. The Hall–Kier alpha value is -0.620. The average molecular weight is 279 g/mol. The highest BCUT2D eigenvalue weighted by Gasteiger charge is 2.31. The largest absolute Gasteiger partial charge is 0.395 e. The summed E-state index contributed by atoms with van der Waals surface area (Å²) >= 11 is 5.70. The quantitative estimate of drug-likeness (QED) is 0.848. The molecule has 2 atom stereocenters. The van der Waals surface area contributed by atoms with Crippen LogP contribution in [-0.2, 0) is 9.84 Å². The molecule has 0 bridgehead atoms. The molecule has 6 heteroatoms. The van der Waals surface area contributed by atoms with E-state index < -0.39 is 27.8 Å². The van der Waals surface area contributed by atoms with Gasteiger partial charge in [0.25, 0.3) is 0 Å². The van der Waals surface area contributed by atoms with Crippen LogP contribution >= 0.6 is 11.6 Å². The molecule has 0 radical (unpaired) electrons. The molecule has 0 aliphatic rings. The molecule has 4 nitrogen and oxygen atoms in total. The van der Waals surface area contributed by atoms with Gasteiger partial charge in [0.05, 0.1) is 12.7 Å². The van der Waals surface area contributed by atoms with E-state index in [-0.39, 0.29) is 5.75 Å². The van der Waals surface area contributed by atoms with Gasteiger partial charge in [0.15, 0.2) is 9.84 Å². The molecule has 2 N–H and O–H groups in total. The number of hydrogen-bond donors (Lipinski definition) is 2. The van der Waals surface area contributed by atoms with Crippen LogP contribution in [0, 0.1) is 0 Å². The predicted octanol–water partition coefficient (Wildman–Crippen LogP) is 1.17. The molecule has 0 heterocycles. The highest BCUT2D eigenvalue weighted by molar-refractivity contribution is 7.92. The van der Waals surface area contributed by atoms with E-state index in [9.17, 15) is 13.5 Å². The lowest BCUT2D eigenvalue weighted by Crippen LogP contribution is -2.33. The zero-order chi connectivity index (χ0) is 13.1. The van der Waals surface area contributed by atoms with Gasteiger partial charge < -0.3 is 10.2 Å². The van der Waals surface area contributed by atoms with Crippen molar-refractivity contribution in [1.82, 2.24) is 0 Å². The van der Waals surface area contributed by atoms with Crippen LogP contribution in [0.15, 0.2) is 24.3 Å². The molecule has 0 amide bonds. The molecule has 0 fully saturated rings. The molecule has 0 unspecified atom stereocenters. The molecule has 0 spiro atoms. The van der Waals surface area contributed by atoms with E-state index in [4.69, 9.17) is 16.7 Å². The lowest BCUT2D eigenvalue weighted by atomic mass is 10.1. The van der Waals surface area contributed by atoms with E-state index in [1.54, 1.807) is 24.3 Å². The Morgan fingerprint density at radius 1 is 1.29 bits per heavy atom. The van der Waals surface area contributed by atoms with Gasteiger partial charge in [-0.2, -0.15) is 0 Å². The van der Waals surface area contributed by atoms with Gasteiger partial charge in [-0.05, 0) is 17.7 Å². The van der Waals surface area contributed by atoms with Crippen molar-refractivity contribution in [2.75, 3.05) is 12.4 Å². The summed E-state index contributed by atoms with van der Waals surface area (Å²) in [5.74, 6) is -0.122. The molecular formula is C11H15ClO4S. The first-order valence-corrected chi connectivity index (χ1v) is 7.27. The molecule has 17 heavy (non-hydrogen) atoms. The van der Waals surface area contributed by atoms with Crippen molar-refractivity contribution < 1.29 is 18.6 Å². The van der Waals surface area contributed by atoms with Gasteiger partial charge in [-0.3, -0.25) is 0 Å². The Morgan fingerprint density at radius 3 is 2.24 bits per heavy atom. The summed E-state index contributed by atoms with van der Waals surface area (Å²) < 4.78 is 23.3. The fraction of sp³-hybridized carbons (Fsp3) is 0.455. The first kappa shape index (κ1) is 14.4. The fourth-order valence-electron chi connectivity index (χ4n) is 1.50. The second-order valence-corrected chi connectivity index (χ2v) is 6.61. The average Bonchev–Trinajstić information content (AvgIpc) is 2.30. The third kappa shape index (κ3) is 3.42. The molecular weight excluding hydrogens is 264 g/mol. The highest BCUT2D eigenvalue weighted by Crippen LogP contribution is 2.23. The minimum Gasteiger partial charge on any atom is -0.395 e. The van der Waals surface area contributed by atoms with E-state index in [0.717, 1.165) is 0 Å². The van der Waals surface area contributed by atoms with Crippen molar-refractivity contribution in [3.63, 3.8) is 0 Å². The summed E-state index contributed by atoms with van der Waals surface area (Å²) in [5, 5.41) is 18.4. The van der Waals surface area contributed by atoms with Crippen molar-refractivity contribution >= 4 is 21.4 Å². The maximum Gasteiger partial charge on any atom is 0.158 e. The summed E-state index contributed by atoms with van der Waals surface area (Å²) in [4.78, 5) is 0. The fourth-order valence-corrected chi connectivity index (χ4v) is 2.83. The number of halogens is 1. The summed E-state index contributed by atoms with van der Waals surface area (Å²) in [5.41, 5.74) is 0.422. The Kier molecular flexibility index (Phi) is 4.94. The van der Waals surface area contributed by atoms with Gasteiger partial charge >= 0.3 is 0 Å². The van der Waals surface area contributed by atoms with Crippen LogP contribution < -0.4 is 0 Å². The molecule has 1 aromatic rings. The third-order valence-corrected chi connectivity index (χ3v) is 4.99. The number of aliphatic hydroxyl groups is 2. The first-order chi connectivity index (χ1) is 7.92. The number of hydrogen-bond acceptors (Lipinski definition) is 4. The van der Waals surface area contributed by atoms with Crippen LogP contribution in [-0.4, -0.2) is 36.2 Å². The normalized spacial score (nSPS) is 15.5. The molecule has 1 rings (SSSR count). The second-order valence-electron chi connectivity index (χ2n) is 3.67. The van der Waals surface area contributed by atoms with Gasteiger partial charge in [-0.1, -0.05) is 30.7 Å². The van der Waals surface area contributed by atoms with Crippen LogP contribution in [0.25, 0.3) is 0 Å². The van der Waals surface area contributed by atoms with Gasteiger partial charge in [0.2, 0.25) is 0 Å². The number of sulfone groups is 1. The zero-order valence-corrected chi connectivity index (χ0v) is 10.9. The second kappa shape index (κ2) is 5.82. The standard InChI is InChI=1S/C11H15ClO4S/c1-2-17(15,16)10(7-13)11(14)8-3-5-9(12)6-4-8/h3-6,10-11,13-14H,2,7H2,1H3/t10-,11+/m1/s1. The lowest BCUT2D eigenvalue weighted by molar-refractivity contribution is 0.138. The molecule has 1 aromatic carbocycles. The SMILES string of the molecule is CCS(=O)(=O)[C@H](CO)[C@@H](O)c1ccc(Cl)cc1. The van der Waals surface area contributed by atoms with Gasteiger partial charge in [0.1, 0.15) is 5.25 Å². The molecule has 0 aliphatic heterocycles. The van der Waals surface area contributed by atoms with E-state index in [2.05, 4.69) is 0 Å². The van der Waals surface area contributed by atoms with Crippen molar-refractivity contribution in [3.8, 4) is 0 Å². The number of aliphatic hydroxyl groups excluding tert-OH is 2. The Balaban J connectivity index is 3.02. The van der Waals surface area contributed by atoms with E-state index in [1.807, 2.05) is 0 Å². The van der Waals surface area contributed by atoms with Crippen LogP contribution in [0.4, 0.5) is 0 Å². The van der Waals surface area contributed by atoms with E-state index in [1.165, 1.54) is 6.92 Å². The maximum absolute atomic E-state index is 11.7. The van der Waals surface area contributed by atoms with Crippen LogP contribution in [0.2, 0.25) is 5.02 Å². The molecule has 0 aliphatic carbocycles. The molecule has 0 saturated carbocycles. The highest BCUT2D eigenvalue weighted by atomic mass is 35.5. The monoisotopic (exact) mass is 278 g/mol. The van der Waals surface area contributed by atoms with E-state index in [0.29, 0.717) is 10.6 Å². The van der Waals surface area contributed by atoms with Crippen molar-refractivity contribution in [1.29, 1.82) is 0 Å². The Bertz CT molecular complexity index is 455. The van der Waals surface area contributed by atoms with Gasteiger partial charge in [-0.15, -0.1) is 0 Å². The Labute approximate surface area is 106 Å². The summed E-state index contributed by atoms with van der Waals surface area (Å²) in [6, 6.07) is 6.21. The molecule has 96 valence electrons. The summed E-state index contributed by atoms with van der Waals surface area (Å²) in [6.07, 6.45) is -1.25. The summed E-state index contributed by atoms with van der Waals surface area (Å²) in [7, 11) is -3.50. The van der Waals surface area contributed by atoms with Crippen LogP contribution in [0.3, 0.4) is 0 Å². The van der Waals surface area contributed by atoms with Crippen molar-refractivity contribution in [2.24, 2.45) is 0 Å².